The van der Waals surface area contributed by atoms with Gasteiger partial charge in [0.1, 0.15) is 18.5 Å². The predicted molar refractivity (Wildman–Crippen MR) is 133 cm³/mol. The van der Waals surface area contributed by atoms with E-state index >= 15 is 0 Å². The van der Waals surface area contributed by atoms with Crippen molar-refractivity contribution in [1.29, 1.82) is 0 Å². The van der Waals surface area contributed by atoms with Crippen LogP contribution in [0, 0.1) is 19.8 Å². The van der Waals surface area contributed by atoms with Crippen LogP contribution >= 0.6 is 11.6 Å². The molecule has 2 unspecified atom stereocenters. The fourth-order valence-corrected chi connectivity index (χ4v) is 4.31. The topological polar surface area (TPSA) is 59.8 Å². The molecule has 1 aromatic carbocycles. The highest BCUT2D eigenvalue weighted by Crippen LogP contribution is 2.27. The van der Waals surface area contributed by atoms with Gasteiger partial charge in [-0.25, -0.2) is 0 Å². The van der Waals surface area contributed by atoms with Crippen LogP contribution in [0.1, 0.15) is 28.9 Å². The lowest BCUT2D eigenvalue weighted by Crippen LogP contribution is -2.33. The summed E-state index contributed by atoms with van der Waals surface area (Å²) in [5.74, 6) is 1.03. The van der Waals surface area contributed by atoms with Gasteiger partial charge in [-0.15, -0.1) is 0 Å². The molecule has 1 aromatic heterocycles. The monoisotopic (exact) mass is 473 g/mol. The van der Waals surface area contributed by atoms with Crippen molar-refractivity contribution in [3.8, 4) is 5.75 Å². The van der Waals surface area contributed by atoms with Crippen molar-refractivity contribution in [2.45, 2.75) is 45.9 Å². The largest absolute Gasteiger partial charge is 0.491 e. The molecule has 0 bridgehead atoms. The Kier molecular flexibility index (Phi) is 9.56. The van der Waals surface area contributed by atoms with Gasteiger partial charge in [0.15, 0.2) is 0 Å². The molecule has 2 aromatic rings. The summed E-state index contributed by atoms with van der Waals surface area (Å²) in [5.41, 5.74) is 4.57. The van der Waals surface area contributed by atoms with Gasteiger partial charge >= 0.3 is 0 Å². The summed E-state index contributed by atoms with van der Waals surface area (Å²) in [7, 11) is 3.71. The Labute approximate surface area is 202 Å². The van der Waals surface area contributed by atoms with E-state index in [1.54, 1.807) is 7.11 Å². The van der Waals surface area contributed by atoms with Crippen LogP contribution in [-0.2, 0) is 24.2 Å². The number of rotatable bonds is 12. The van der Waals surface area contributed by atoms with Gasteiger partial charge in [-0.05, 0) is 57.5 Å². The highest BCUT2D eigenvalue weighted by molar-refractivity contribution is 6.30. The number of hydrogen-bond donors (Lipinski definition) is 1. The molecule has 0 fully saturated rings. The first-order valence-electron chi connectivity index (χ1n) is 11.5. The molecule has 0 radical (unpaired) electrons. The molecular formula is C26H36ClN3O3. The highest BCUT2D eigenvalue weighted by Gasteiger charge is 2.20. The first-order chi connectivity index (χ1) is 15.9. The average Bonchev–Trinajstić information content (AvgIpc) is 3.05. The van der Waals surface area contributed by atoms with Gasteiger partial charge in [-0.2, -0.15) is 5.10 Å². The Morgan fingerprint density at radius 1 is 1.27 bits per heavy atom. The number of ether oxygens (including phenoxy) is 2. The molecule has 1 heterocycles. The zero-order chi connectivity index (χ0) is 23.8. The van der Waals surface area contributed by atoms with Crippen molar-refractivity contribution < 1.29 is 14.6 Å². The molecule has 2 atom stereocenters. The third-order valence-corrected chi connectivity index (χ3v) is 6.47. The Morgan fingerprint density at radius 3 is 2.73 bits per heavy atom. The molecule has 33 heavy (non-hydrogen) atoms. The summed E-state index contributed by atoms with van der Waals surface area (Å²) >= 11 is 6.39. The number of hydrogen-bond acceptors (Lipinski definition) is 5. The number of aryl methyl sites for hydroxylation is 1. The number of aliphatic hydroxyl groups excluding tert-OH is 1. The van der Waals surface area contributed by atoms with E-state index in [1.807, 2.05) is 50.4 Å². The van der Waals surface area contributed by atoms with Crippen LogP contribution in [0.15, 0.2) is 47.5 Å². The average molecular weight is 474 g/mol. The van der Waals surface area contributed by atoms with Crippen LogP contribution in [0.5, 0.6) is 5.75 Å². The van der Waals surface area contributed by atoms with E-state index < -0.39 is 6.10 Å². The Balaban J connectivity index is 1.48. The molecule has 0 aliphatic heterocycles. The third-order valence-electron chi connectivity index (χ3n) is 6.04. The van der Waals surface area contributed by atoms with Gasteiger partial charge in [0, 0.05) is 49.0 Å². The molecule has 0 spiro atoms. The first-order valence-corrected chi connectivity index (χ1v) is 11.9. The molecule has 180 valence electrons. The minimum Gasteiger partial charge on any atom is -0.491 e. The molecule has 7 heteroatoms. The van der Waals surface area contributed by atoms with Crippen LogP contribution < -0.4 is 4.74 Å². The number of nitrogens with zero attached hydrogens (tertiary/aromatic N) is 3. The molecular weight excluding hydrogens is 438 g/mol. The normalized spacial score (nSPS) is 16.8. The molecule has 1 N–H and O–H groups in total. The molecule has 1 aliphatic rings. The van der Waals surface area contributed by atoms with Gasteiger partial charge in [-0.1, -0.05) is 35.9 Å². The standard InChI is InChI=1S/C26H36ClN3O3/c1-19-25(20(2)30(28-19)15-22-7-5-6-8-26(22)27)17-29(3)16-23(31)18-33-24-11-9-21(10-12-24)13-14-32-4/h5-6,8-12,22-23,31H,7,13-18H2,1-4H3. The van der Waals surface area contributed by atoms with Crippen LogP contribution in [-0.4, -0.2) is 59.8 Å². The summed E-state index contributed by atoms with van der Waals surface area (Å²) in [6.45, 7) is 7.10. The zero-order valence-electron chi connectivity index (χ0n) is 20.1. The highest BCUT2D eigenvalue weighted by atomic mass is 35.5. The summed E-state index contributed by atoms with van der Waals surface area (Å²) in [4.78, 5) is 2.11. The number of allylic oxidation sites excluding steroid dienone is 4. The van der Waals surface area contributed by atoms with Crippen molar-refractivity contribution >= 4 is 11.6 Å². The molecule has 0 saturated heterocycles. The summed E-state index contributed by atoms with van der Waals surface area (Å²) < 4.78 is 12.9. The van der Waals surface area contributed by atoms with Crippen molar-refractivity contribution in [3.05, 3.63) is 70.0 Å². The second-order valence-electron chi connectivity index (χ2n) is 8.79. The van der Waals surface area contributed by atoms with Gasteiger partial charge in [0.05, 0.1) is 12.3 Å². The molecule has 6 nitrogen and oxygen atoms in total. The predicted octanol–water partition coefficient (Wildman–Crippen LogP) is 4.26. The van der Waals surface area contributed by atoms with Crippen LogP contribution in [0.4, 0.5) is 0 Å². The number of aliphatic hydroxyl groups is 1. The fraction of sp³-hybridized carbons (Fsp3) is 0.500. The van der Waals surface area contributed by atoms with E-state index in [2.05, 4.69) is 22.6 Å². The van der Waals surface area contributed by atoms with Crippen molar-refractivity contribution in [2.24, 2.45) is 5.92 Å². The van der Waals surface area contributed by atoms with Crippen LogP contribution in [0.25, 0.3) is 0 Å². The first kappa shape index (κ1) is 25.5. The summed E-state index contributed by atoms with van der Waals surface area (Å²) in [6.07, 6.45) is 7.35. The quantitative estimate of drug-likeness (QED) is 0.499. The molecule has 1 aliphatic carbocycles. The van der Waals surface area contributed by atoms with Crippen molar-refractivity contribution in [1.82, 2.24) is 14.7 Å². The van der Waals surface area contributed by atoms with Gasteiger partial charge < -0.3 is 14.6 Å². The van der Waals surface area contributed by atoms with Crippen LogP contribution in [0.2, 0.25) is 0 Å². The molecule has 3 rings (SSSR count). The Hall–Kier alpha value is -2.12. The van der Waals surface area contributed by atoms with E-state index in [0.29, 0.717) is 13.2 Å². The second kappa shape index (κ2) is 12.4. The number of halogens is 1. The Morgan fingerprint density at radius 2 is 2.03 bits per heavy atom. The van der Waals surface area contributed by atoms with E-state index in [0.717, 1.165) is 48.1 Å². The zero-order valence-corrected chi connectivity index (χ0v) is 20.9. The van der Waals surface area contributed by atoms with Gasteiger partial charge in [0.2, 0.25) is 0 Å². The van der Waals surface area contributed by atoms with Crippen molar-refractivity contribution in [2.75, 3.05) is 33.9 Å². The van der Waals surface area contributed by atoms with Crippen molar-refractivity contribution in [3.63, 3.8) is 0 Å². The lowest BCUT2D eigenvalue weighted by Gasteiger charge is -2.21. The molecule has 0 saturated carbocycles. The summed E-state index contributed by atoms with van der Waals surface area (Å²) in [6, 6.07) is 7.93. The maximum absolute atomic E-state index is 10.5. The van der Waals surface area contributed by atoms with E-state index in [9.17, 15) is 5.11 Å². The maximum atomic E-state index is 10.5. The third kappa shape index (κ3) is 7.44. The maximum Gasteiger partial charge on any atom is 0.119 e. The SMILES string of the molecule is COCCc1ccc(OCC(O)CN(C)Cc2c(C)nn(CC3CC=CC=C3Cl)c2C)cc1. The second-order valence-corrected chi connectivity index (χ2v) is 9.23. The van der Waals surface area contributed by atoms with E-state index in [4.69, 9.17) is 26.2 Å². The lowest BCUT2D eigenvalue weighted by atomic mass is 10.0. The van der Waals surface area contributed by atoms with E-state index in [1.165, 1.54) is 11.1 Å². The minimum atomic E-state index is -0.586. The number of aromatic nitrogens is 2. The van der Waals surface area contributed by atoms with E-state index in [-0.39, 0.29) is 12.5 Å². The number of methoxy groups -OCH3 is 1. The molecule has 0 amide bonds. The smallest absolute Gasteiger partial charge is 0.119 e. The number of likely N-dealkylation sites (N-methyl/N-ethyl adjacent to an activating group) is 1. The summed E-state index contributed by atoms with van der Waals surface area (Å²) in [5, 5.41) is 16.1. The lowest BCUT2D eigenvalue weighted by molar-refractivity contribution is 0.0742. The van der Waals surface area contributed by atoms with Gasteiger partial charge in [-0.3, -0.25) is 9.58 Å². The minimum absolute atomic E-state index is 0.249. The van der Waals surface area contributed by atoms with Gasteiger partial charge in [0.25, 0.3) is 0 Å². The van der Waals surface area contributed by atoms with Crippen LogP contribution in [0.3, 0.4) is 0 Å². The number of benzene rings is 1. The fourth-order valence-electron chi connectivity index (χ4n) is 4.07. The Bertz CT molecular complexity index is 952.